The van der Waals surface area contributed by atoms with Gasteiger partial charge in [-0.3, -0.25) is 29.1 Å². The van der Waals surface area contributed by atoms with Gasteiger partial charge in [0.05, 0.1) is 43.7 Å². The normalized spacial score (nSPS) is 15.5. The molecule has 0 spiro atoms. The number of benzene rings is 4. The molecule has 0 aromatic heterocycles. The Labute approximate surface area is 412 Å². The molecule has 2 unspecified atom stereocenters. The number of carbonyl (C=O) groups excluding carboxylic acids is 3. The van der Waals surface area contributed by atoms with Crippen LogP contribution in [0.3, 0.4) is 0 Å². The van der Waals surface area contributed by atoms with Gasteiger partial charge in [0.15, 0.2) is 12.1 Å². The summed E-state index contributed by atoms with van der Waals surface area (Å²) < 4.78 is 31.7. The molecule has 312 valence electrons. The van der Waals surface area contributed by atoms with Crippen LogP contribution < -0.4 is 74.4 Å². The first kappa shape index (κ1) is 53.5. The van der Waals surface area contributed by atoms with Gasteiger partial charge in [0, 0.05) is 35.2 Å². The number of para-hydroxylation sites is 1. The summed E-state index contributed by atoms with van der Waals surface area (Å²) >= 11 is 0. The number of carboxylic acids is 2. The van der Waals surface area contributed by atoms with Gasteiger partial charge in [-0.2, -0.15) is 49.1 Å². The van der Waals surface area contributed by atoms with E-state index >= 15 is 0 Å². The Morgan fingerprint density at radius 3 is 1.76 bits per heavy atom. The molecule has 0 bridgehead atoms. The summed E-state index contributed by atoms with van der Waals surface area (Å²) in [6.07, 6.45) is 1.13. The summed E-state index contributed by atoms with van der Waals surface area (Å²) in [6.45, 7) is 6.50. The summed E-state index contributed by atoms with van der Waals surface area (Å²) in [5.41, 5.74) is 0.492. The predicted molar refractivity (Wildman–Crippen MR) is 213 cm³/mol. The SMILES string of the molecule is C=CC(=O)Nc1ccc(N2N=C(C)C(N=Nc3ccc([N+](=O)[O-])cc3C(=O)O)C2=O)cc1.CC1=NN(c2ccccc2)C(=O)C1N=Nc1cc(S(=O)(=O)O)ccc1C(=O)O.[Cr].[Na+].[Na+]. The summed E-state index contributed by atoms with van der Waals surface area (Å²) in [6, 6.07) is 18.7. The molecule has 22 nitrogen and oxygen atoms in total. The van der Waals surface area contributed by atoms with Gasteiger partial charge in [0.25, 0.3) is 27.6 Å². The average molecular weight is 937 g/mol. The number of rotatable bonds is 12. The standard InChI is InChI=1S/C20H16N6O6.C17H14N4O6S.Cr.2Na/c1-3-17(27)21-12-4-6-13(7-5-12)25-19(28)18(11(2)24-25)23-22-16-9-8-14(26(31)32)10-15(16)20(29)30;1-10-15(16(22)21(20-10)11-5-3-2-4-6-11)19-18-14-9-12(28(25,26)27)7-8-13(14)17(23)24;;;/h3-10,18H,1H2,2H3,(H,21,27)(H,29,30);2-9,15H,1H3,(H,23,24)(H,25,26,27);;;/q;;;2*+1. The first-order valence-electron chi connectivity index (χ1n) is 16.9. The third kappa shape index (κ3) is 13.2. The molecule has 0 aliphatic carbocycles. The predicted octanol–water partition coefficient (Wildman–Crippen LogP) is -0.195. The van der Waals surface area contributed by atoms with Crippen LogP contribution in [0.1, 0.15) is 34.6 Å². The number of hydrogen-bond donors (Lipinski definition) is 4. The van der Waals surface area contributed by atoms with E-state index in [1.165, 1.54) is 0 Å². The van der Waals surface area contributed by atoms with Crippen molar-refractivity contribution in [3.05, 3.63) is 125 Å². The van der Waals surface area contributed by atoms with E-state index in [-0.39, 0.29) is 99.3 Å². The number of nitro groups is 1. The average Bonchev–Trinajstić information content (AvgIpc) is 3.67. The third-order valence-electron chi connectivity index (χ3n) is 8.24. The Morgan fingerprint density at radius 1 is 0.778 bits per heavy atom. The van der Waals surface area contributed by atoms with Crippen LogP contribution in [0.15, 0.2) is 139 Å². The van der Waals surface area contributed by atoms with Crippen molar-refractivity contribution >= 4 is 85.3 Å². The second kappa shape index (κ2) is 23.2. The van der Waals surface area contributed by atoms with Crippen LogP contribution in [-0.4, -0.2) is 81.3 Å². The number of non-ortho nitro benzene ring substituents is 1. The molecular formula is C37H30CrN10Na2O12S+2. The maximum Gasteiger partial charge on any atom is 1.00 e. The molecule has 2 atom stereocenters. The van der Waals surface area contributed by atoms with E-state index in [0.29, 0.717) is 28.5 Å². The van der Waals surface area contributed by atoms with Gasteiger partial charge in [-0.25, -0.2) is 9.59 Å². The van der Waals surface area contributed by atoms with Crippen LogP contribution in [0, 0.1) is 10.1 Å². The minimum Gasteiger partial charge on any atom is -0.478 e. The Bertz CT molecular complexity index is 2690. The van der Waals surface area contributed by atoms with E-state index in [9.17, 15) is 52.7 Å². The Hall–Kier alpha value is -5.65. The number of nitrogens with one attached hydrogen (secondary N) is 1. The minimum atomic E-state index is -4.56. The second-order valence-electron chi connectivity index (χ2n) is 12.3. The number of hydrogen-bond acceptors (Lipinski definition) is 15. The molecule has 4 aromatic rings. The van der Waals surface area contributed by atoms with E-state index in [0.717, 1.165) is 52.5 Å². The minimum absolute atomic E-state index is 0. The molecule has 2 aliphatic rings. The van der Waals surface area contributed by atoms with Crippen molar-refractivity contribution in [2.45, 2.75) is 30.8 Å². The summed E-state index contributed by atoms with van der Waals surface area (Å²) in [5.74, 6) is -4.18. The number of carbonyl (C=O) groups is 5. The number of azo groups is 2. The van der Waals surface area contributed by atoms with E-state index in [1.54, 1.807) is 68.4 Å². The van der Waals surface area contributed by atoms with Crippen molar-refractivity contribution in [3.63, 3.8) is 0 Å². The fraction of sp³-hybridized carbons (Fsp3) is 0.108. The van der Waals surface area contributed by atoms with Crippen LogP contribution in [0.2, 0.25) is 0 Å². The first-order valence-corrected chi connectivity index (χ1v) is 18.4. The molecule has 4 N–H and O–H groups in total. The molecule has 0 saturated carbocycles. The van der Waals surface area contributed by atoms with Crippen molar-refractivity contribution in [3.8, 4) is 0 Å². The van der Waals surface area contributed by atoms with Gasteiger partial charge < -0.3 is 15.5 Å². The van der Waals surface area contributed by atoms with Crippen molar-refractivity contribution in [1.82, 2.24) is 0 Å². The van der Waals surface area contributed by atoms with Crippen molar-refractivity contribution < 1.29 is 129 Å². The van der Waals surface area contributed by atoms with Gasteiger partial charge >= 0.3 is 71.1 Å². The van der Waals surface area contributed by atoms with Crippen molar-refractivity contribution in [1.29, 1.82) is 0 Å². The van der Waals surface area contributed by atoms with Gasteiger partial charge in [0.1, 0.15) is 11.4 Å². The molecule has 0 fully saturated rings. The van der Waals surface area contributed by atoms with Crippen LogP contribution in [0.25, 0.3) is 0 Å². The molecule has 6 rings (SSSR count). The van der Waals surface area contributed by atoms with Crippen LogP contribution in [0.5, 0.6) is 0 Å². The van der Waals surface area contributed by atoms with E-state index in [1.807, 2.05) is 0 Å². The Balaban J connectivity index is 0.000000417. The molecular weight excluding hydrogens is 907 g/mol. The topological polar surface area (TPSA) is 316 Å². The molecule has 0 saturated heterocycles. The van der Waals surface area contributed by atoms with Gasteiger partial charge in [-0.15, -0.1) is 0 Å². The zero-order valence-electron chi connectivity index (χ0n) is 33.5. The van der Waals surface area contributed by atoms with Crippen molar-refractivity contribution in [2.24, 2.45) is 30.7 Å². The summed E-state index contributed by atoms with van der Waals surface area (Å²) in [7, 11) is -4.56. The van der Waals surface area contributed by atoms with Gasteiger partial charge in [0.2, 0.25) is 5.91 Å². The van der Waals surface area contributed by atoms with Crippen molar-refractivity contribution in [2.75, 3.05) is 15.3 Å². The Kier molecular flexibility index (Phi) is 19.7. The molecule has 63 heavy (non-hydrogen) atoms. The van der Waals surface area contributed by atoms with Gasteiger partial charge in [-0.05, 0) is 80.6 Å². The molecule has 3 amide bonds. The number of anilines is 3. The number of hydrazone groups is 2. The Morgan fingerprint density at radius 2 is 1.29 bits per heavy atom. The molecule has 26 heteroatoms. The number of carboxylic acid groups (broad SMARTS) is 2. The smallest absolute Gasteiger partial charge is 0.478 e. The number of nitro benzene ring substituents is 1. The number of nitrogens with zero attached hydrogens (tertiary/aromatic N) is 9. The maximum absolute atomic E-state index is 12.8. The fourth-order valence-corrected chi connectivity index (χ4v) is 5.77. The van der Waals surface area contributed by atoms with E-state index in [4.69, 9.17) is 4.55 Å². The number of aromatic carboxylic acids is 2. The third-order valence-corrected chi connectivity index (χ3v) is 9.09. The summed E-state index contributed by atoms with van der Waals surface area (Å²) in [4.78, 5) is 69.1. The fourth-order valence-electron chi connectivity index (χ4n) is 5.27. The monoisotopic (exact) mass is 936 g/mol. The van der Waals surface area contributed by atoms with Crippen LogP contribution in [-0.2, 0) is 41.9 Å². The van der Waals surface area contributed by atoms with E-state index in [2.05, 4.69) is 42.6 Å². The molecule has 0 radical (unpaired) electrons. The molecule has 2 heterocycles. The molecule has 4 aromatic carbocycles. The zero-order valence-corrected chi connectivity index (χ0v) is 39.5. The van der Waals surface area contributed by atoms with Crippen LogP contribution in [0.4, 0.5) is 34.1 Å². The second-order valence-corrected chi connectivity index (χ2v) is 13.7. The van der Waals surface area contributed by atoms with Gasteiger partial charge in [-0.1, -0.05) is 24.8 Å². The molecule has 2 aliphatic heterocycles. The maximum atomic E-state index is 12.8. The zero-order chi connectivity index (χ0) is 43.9. The quantitative estimate of drug-likeness (QED) is 0.0359. The van der Waals surface area contributed by atoms with E-state index < -0.39 is 67.0 Å². The summed E-state index contributed by atoms with van der Waals surface area (Å²) in [5, 5.41) is 57.9. The number of amides is 3. The largest absolute Gasteiger partial charge is 1.00 e. The van der Waals surface area contributed by atoms with Crippen LogP contribution >= 0.6 is 0 Å². The first-order chi connectivity index (χ1) is 28.4.